The number of amides is 2. The van der Waals surface area contributed by atoms with Crippen molar-refractivity contribution in [3.63, 3.8) is 0 Å². The Bertz CT molecular complexity index is 441. The maximum atomic E-state index is 11.3. The molecule has 1 aromatic carbocycles. The third-order valence-corrected chi connectivity index (χ3v) is 3.26. The highest BCUT2D eigenvalue weighted by molar-refractivity contribution is 5.74. The molecule has 0 aliphatic carbocycles. The van der Waals surface area contributed by atoms with E-state index in [4.69, 9.17) is 4.74 Å². The minimum atomic E-state index is 0.615. The summed E-state index contributed by atoms with van der Waals surface area (Å²) >= 11 is 0. The molecule has 2 amide bonds. The van der Waals surface area contributed by atoms with E-state index in [1.165, 1.54) is 0 Å². The van der Waals surface area contributed by atoms with E-state index in [9.17, 15) is 9.59 Å². The van der Waals surface area contributed by atoms with Crippen LogP contribution in [-0.2, 0) is 9.59 Å². The van der Waals surface area contributed by atoms with Gasteiger partial charge < -0.3 is 9.64 Å². The molecule has 1 saturated heterocycles. The van der Waals surface area contributed by atoms with Crippen LogP contribution < -0.4 is 9.75 Å². The maximum Gasteiger partial charge on any atom is 0.228 e. The van der Waals surface area contributed by atoms with Gasteiger partial charge in [0.25, 0.3) is 0 Å². The van der Waals surface area contributed by atoms with Gasteiger partial charge in [-0.1, -0.05) is 0 Å². The number of hydrogen-bond donors (Lipinski definition) is 0. The molecule has 6 nitrogen and oxygen atoms in total. The number of hydrogen-bond acceptors (Lipinski definition) is 4. The number of anilines is 1. The molecule has 20 heavy (non-hydrogen) atoms. The number of carbonyl (C=O) groups is 2. The summed E-state index contributed by atoms with van der Waals surface area (Å²) in [6.07, 6.45) is 1.64. The fourth-order valence-corrected chi connectivity index (χ4v) is 2.18. The first kappa shape index (κ1) is 14.3. The standard InChI is InChI=1S/C14H19N3O3/c1-2-20-14-5-3-13(4-6-14)17(12-19)16-9-7-15(11-18)8-10-16/h3-6,11-12H,2,7-10H2,1H3. The molecule has 0 unspecified atom stereocenters. The van der Waals surface area contributed by atoms with Gasteiger partial charge in [0.1, 0.15) is 5.75 Å². The van der Waals surface area contributed by atoms with Crippen LogP contribution in [0.15, 0.2) is 24.3 Å². The maximum absolute atomic E-state index is 11.3. The highest BCUT2D eigenvalue weighted by atomic mass is 16.5. The molecule has 0 bridgehead atoms. The molecule has 1 aromatic rings. The molecule has 0 N–H and O–H groups in total. The number of carbonyl (C=O) groups excluding carboxylic acids is 2. The third-order valence-electron chi connectivity index (χ3n) is 3.26. The van der Waals surface area contributed by atoms with E-state index in [1.807, 2.05) is 36.2 Å². The van der Waals surface area contributed by atoms with Gasteiger partial charge in [-0.2, -0.15) is 0 Å². The lowest BCUT2D eigenvalue weighted by Crippen LogP contribution is -2.53. The average Bonchev–Trinajstić information content (AvgIpc) is 2.51. The van der Waals surface area contributed by atoms with E-state index in [-0.39, 0.29) is 0 Å². The zero-order valence-electron chi connectivity index (χ0n) is 11.6. The second-order valence-electron chi connectivity index (χ2n) is 4.47. The van der Waals surface area contributed by atoms with Crippen LogP contribution in [0, 0.1) is 0 Å². The zero-order chi connectivity index (χ0) is 14.4. The molecule has 1 aliphatic heterocycles. The molecule has 0 saturated carbocycles. The van der Waals surface area contributed by atoms with Gasteiger partial charge in [-0.15, -0.1) is 0 Å². The van der Waals surface area contributed by atoms with Gasteiger partial charge in [-0.3, -0.25) is 9.59 Å². The number of rotatable bonds is 6. The van der Waals surface area contributed by atoms with Crippen LogP contribution in [0.2, 0.25) is 0 Å². The number of nitrogens with zero attached hydrogens (tertiary/aromatic N) is 3. The summed E-state index contributed by atoms with van der Waals surface area (Å²) in [5.41, 5.74) is 0.794. The Kier molecular flexibility index (Phi) is 4.95. The second kappa shape index (κ2) is 6.91. The molecule has 1 heterocycles. The van der Waals surface area contributed by atoms with Crippen LogP contribution >= 0.6 is 0 Å². The number of ether oxygens (including phenoxy) is 1. The van der Waals surface area contributed by atoms with Gasteiger partial charge in [0.2, 0.25) is 12.8 Å². The van der Waals surface area contributed by atoms with Crippen molar-refractivity contribution >= 4 is 18.5 Å². The van der Waals surface area contributed by atoms with Gasteiger partial charge in [-0.05, 0) is 31.2 Å². The van der Waals surface area contributed by atoms with Crippen molar-refractivity contribution in [3.05, 3.63) is 24.3 Å². The minimum absolute atomic E-state index is 0.615. The van der Waals surface area contributed by atoms with E-state index in [0.717, 1.165) is 24.3 Å². The summed E-state index contributed by atoms with van der Waals surface area (Å²) in [7, 11) is 0. The molecular weight excluding hydrogens is 258 g/mol. The quantitative estimate of drug-likeness (QED) is 0.720. The Hall–Kier alpha value is -2.08. The molecule has 108 valence electrons. The molecule has 0 atom stereocenters. The molecule has 6 heteroatoms. The minimum Gasteiger partial charge on any atom is -0.494 e. The molecule has 0 radical (unpaired) electrons. The van der Waals surface area contributed by atoms with Gasteiger partial charge >= 0.3 is 0 Å². The van der Waals surface area contributed by atoms with Crippen LogP contribution in [0.3, 0.4) is 0 Å². The molecule has 0 aromatic heterocycles. The monoisotopic (exact) mass is 277 g/mol. The summed E-state index contributed by atoms with van der Waals surface area (Å²) in [5.74, 6) is 0.785. The summed E-state index contributed by atoms with van der Waals surface area (Å²) in [6.45, 7) is 5.09. The predicted octanol–water partition coefficient (Wildman–Crippen LogP) is 0.737. The van der Waals surface area contributed by atoms with Gasteiger partial charge in [-0.25, -0.2) is 10.0 Å². The van der Waals surface area contributed by atoms with Gasteiger partial charge in [0, 0.05) is 26.2 Å². The van der Waals surface area contributed by atoms with Crippen LogP contribution in [-0.4, -0.2) is 55.5 Å². The van der Waals surface area contributed by atoms with Crippen LogP contribution in [0.4, 0.5) is 5.69 Å². The fraction of sp³-hybridized carbons (Fsp3) is 0.429. The molecule has 0 spiro atoms. The molecule has 1 aliphatic rings. The van der Waals surface area contributed by atoms with Crippen LogP contribution in [0.25, 0.3) is 0 Å². The Labute approximate surface area is 118 Å². The largest absolute Gasteiger partial charge is 0.494 e. The summed E-state index contributed by atoms with van der Waals surface area (Å²) < 4.78 is 5.38. The Morgan fingerprint density at radius 1 is 1.15 bits per heavy atom. The lowest BCUT2D eigenvalue weighted by molar-refractivity contribution is -0.120. The van der Waals surface area contributed by atoms with E-state index in [2.05, 4.69) is 0 Å². The average molecular weight is 277 g/mol. The summed E-state index contributed by atoms with van der Waals surface area (Å²) in [4.78, 5) is 23.7. The zero-order valence-corrected chi connectivity index (χ0v) is 11.6. The molecular formula is C14H19N3O3. The second-order valence-corrected chi connectivity index (χ2v) is 4.47. The van der Waals surface area contributed by atoms with Crippen molar-refractivity contribution in [2.24, 2.45) is 0 Å². The summed E-state index contributed by atoms with van der Waals surface area (Å²) in [5, 5.41) is 3.51. The highest BCUT2D eigenvalue weighted by Crippen LogP contribution is 2.20. The third kappa shape index (κ3) is 3.27. The molecule has 2 rings (SSSR count). The highest BCUT2D eigenvalue weighted by Gasteiger charge is 2.21. The van der Waals surface area contributed by atoms with E-state index in [1.54, 1.807) is 9.91 Å². The smallest absolute Gasteiger partial charge is 0.228 e. The van der Waals surface area contributed by atoms with Crippen molar-refractivity contribution in [1.29, 1.82) is 0 Å². The van der Waals surface area contributed by atoms with Crippen LogP contribution in [0.5, 0.6) is 5.75 Å². The van der Waals surface area contributed by atoms with Gasteiger partial charge in [0.05, 0.1) is 12.3 Å². The first-order valence-electron chi connectivity index (χ1n) is 6.70. The number of benzene rings is 1. The van der Waals surface area contributed by atoms with Crippen molar-refractivity contribution in [1.82, 2.24) is 9.91 Å². The molecule has 1 fully saturated rings. The van der Waals surface area contributed by atoms with E-state index in [0.29, 0.717) is 32.8 Å². The topological polar surface area (TPSA) is 53.1 Å². The number of piperazine rings is 1. The van der Waals surface area contributed by atoms with Crippen molar-refractivity contribution in [2.75, 3.05) is 37.8 Å². The lowest BCUT2D eigenvalue weighted by Gasteiger charge is -2.38. The first-order valence-corrected chi connectivity index (χ1v) is 6.70. The SMILES string of the molecule is CCOc1ccc(N(C=O)N2CCN(C=O)CC2)cc1. The van der Waals surface area contributed by atoms with Crippen molar-refractivity contribution < 1.29 is 14.3 Å². The first-order chi connectivity index (χ1) is 9.78. The van der Waals surface area contributed by atoms with Gasteiger partial charge in [0.15, 0.2) is 0 Å². The lowest BCUT2D eigenvalue weighted by atomic mass is 10.3. The predicted molar refractivity (Wildman–Crippen MR) is 75.4 cm³/mol. The van der Waals surface area contributed by atoms with Crippen molar-refractivity contribution in [2.45, 2.75) is 6.92 Å². The Morgan fingerprint density at radius 2 is 1.80 bits per heavy atom. The van der Waals surface area contributed by atoms with E-state index < -0.39 is 0 Å². The normalized spacial score (nSPS) is 15.8. The van der Waals surface area contributed by atoms with Crippen LogP contribution in [0.1, 0.15) is 6.92 Å². The number of hydrazine groups is 1. The van der Waals surface area contributed by atoms with Crippen molar-refractivity contribution in [3.8, 4) is 5.75 Å². The Balaban J connectivity index is 2.04. The van der Waals surface area contributed by atoms with E-state index >= 15 is 0 Å². The Morgan fingerprint density at radius 3 is 2.30 bits per heavy atom. The fourth-order valence-electron chi connectivity index (χ4n) is 2.18. The summed E-state index contributed by atoms with van der Waals surface area (Å²) in [6, 6.07) is 7.39.